The van der Waals surface area contributed by atoms with E-state index in [1.165, 1.54) is 5.56 Å². The smallest absolute Gasteiger partial charge is 0.138 e. The second-order valence-electron chi connectivity index (χ2n) is 8.07. The molecule has 4 rings (SSSR count). The predicted molar refractivity (Wildman–Crippen MR) is 109 cm³/mol. The van der Waals surface area contributed by atoms with Crippen LogP contribution in [-0.4, -0.2) is 12.1 Å². The molecular formula is C24H26FNO. The third-order valence-corrected chi connectivity index (χ3v) is 5.21. The molecule has 1 N–H and O–H groups in total. The van der Waals surface area contributed by atoms with Gasteiger partial charge in [-0.05, 0) is 42.3 Å². The molecule has 3 heteroatoms. The molecule has 140 valence electrons. The Labute approximate surface area is 160 Å². The Morgan fingerprint density at radius 3 is 2.52 bits per heavy atom. The van der Waals surface area contributed by atoms with E-state index in [4.69, 9.17) is 4.74 Å². The molecule has 1 atom stereocenters. The van der Waals surface area contributed by atoms with Crippen LogP contribution in [0, 0.1) is 5.82 Å². The van der Waals surface area contributed by atoms with Crippen LogP contribution in [0.25, 0.3) is 21.9 Å². The van der Waals surface area contributed by atoms with Gasteiger partial charge in [0.05, 0.1) is 6.61 Å². The Hall–Kier alpha value is -2.23. The van der Waals surface area contributed by atoms with Crippen LogP contribution in [0.1, 0.15) is 44.5 Å². The van der Waals surface area contributed by atoms with Gasteiger partial charge in [-0.1, -0.05) is 67.9 Å². The third kappa shape index (κ3) is 3.62. The normalized spacial score (nSPS) is 18.9. The molecular weight excluding hydrogens is 337 g/mol. The number of hydrogen-bond acceptors (Lipinski definition) is 2. The fourth-order valence-electron chi connectivity index (χ4n) is 3.76. The fourth-order valence-corrected chi connectivity index (χ4v) is 3.76. The van der Waals surface area contributed by atoms with Crippen molar-refractivity contribution < 1.29 is 9.13 Å². The van der Waals surface area contributed by atoms with Crippen LogP contribution in [-0.2, 0) is 11.2 Å². The van der Waals surface area contributed by atoms with Gasteiger partial charge in [0.1, 0.15) is 12.0 Å². The molecule has 0 aromatic heterocycles. The number of ether oxygens (including phenoxy) is 1. The van der Waals surface area contributed by atoms with Crippen molar-refractivity contribution in [3.05, 3.63) is 71.5 Å². The molecule has 0 aliphatic carbocycles. The van der Waals surface area contributed by atoms with E-state index in [1.807, 2.05) is 48.5 Å². The summed E-state index contributed by atoms with van der Waals surface area (Å²) in [7, 11) is 0. The number of aryl methyl sites for hydroxylation is 1. The van der Waals surface area contributed by atoms with Crippen molar-refractivity contribution in [1.82, 2.24) is 5.32 Å². The molecule has 0 spiro atoms. The summed E-state index contributed by atoms with van der Waals surface area (Å²) in [6.07, 6.45) is 2.01. The van der Waals surface area contributed by atoms with E-state index in [1.54, 1.807) is 0 Å². The van der Waals surface area contributed by atoms with Crippen molar-refractivity contribution in [3.8, 4) is 11.1 Å². The van der Waals surface area contributed by atoms with E-state index >= 15 is 4.39 Å². The molecule has 1 unspecified atom stereocenters. The molecule has 0 saturated carbocycles. The molecule has 2 nitrogen and oxygen atoms in total. The van der Waals surface area contributed by atoms with Crippen molar-refractivity contribution >= 4 is 10.8 Å². The van der Waals surface area contributed by atoms with E-state index in [2.05, 4.69) is 32.2 Å². The van der Waals surface area contributed by atoms with Gasteiger partial charge in [-0.15, -0.1) is 0 Å². The molecule has 1 fully saturated rings. The Kier molecular flexibility index (Phi) is 4.75. The Balaban J connectivity index is 1.64. The van der Waals surface area contributed by atoms with Gasteiger partial charge in [0.15, 0.2) is 0 Å². The number of rotatable bonds is 4. The molecule has 1 aliphatic heterocycles. The Morgan fingerprint density at radius 1 is 1.07 bits per heavy atom. The van der Waals surface area contributed by atoms with E-state index in [-0.39, 0.29) is 17.6 Å². The van der Waals surface area contributed by atoms with Crippen molar-refractivity contribution in [2.75, 3.05) is 6.61 Å². The van der Waals surface area contributed by atoms with Crippen LogP contribution in [0.2, 0.25) is 0 Å². The monoisotopic (exact) mass is 363 g/mol. The van der Waals surface area contributed by atoms with E-state index in [0.29, 0.717) is 17.6 Å². The van der Waals surface area contributed by atoms with Crippen LogP contribution in [0.3, 0.4) is 0 Å². The van der Waals surface area contributed by atoms with Crippen LogP contribution >= 0.6 is 0 Å². The van der Waals surface area contributed by atoms with E-state index in [9.17, 15) is 0 Å². The lowest BCUT2D eigenvalue weighted by Gasteiger charge is -2.17. The first-order valence-electron chi connectivity index (χ1n) is 9.68. The van der Waals surface area contributed by atoms with Gasteiger partial charge in [0.25, 0.3) is 0 Å². The minimum atomic E-state index is -0.153. The number of fused-ring (bicyclic) bond motifs is 1. The summed E-state index contributed by atoms with van der Waals surface area (Å²) in [6, 6.07) is 17.9. The highest BCUT2D eigenvalue weighted by Crippen LogP contribution is 2.32. The largest absolute Gasteiger partial charge is 0.357 e. The highest BCUT2D eigenvalue weighted by molar-refractivity contribution is 5.88. The lowest BCUT2D eigenvalue weighted by atomic mass is 9.97. The highest BCUT2D eigenvalue weighted by atomic mass is 19.1. The van der Waals surface area contributed by atoms with Gasteiger partial charge in [0, 0.05) is 16.5 Å². The van der Waals surface area contributed by atoms with Crippen LogP contribution in [0.4, 0.5) is 4.39 Å². The Bertz CT molecular complexity index is 962. The average molecular weight is 363 g/mol. The van der Waals surface area contributed by atoms with Crippen molar-refractivity contribution in [3.63, 3.8) is 0 Å². The first kappa shape index (κ1) is 18.1. The maximum atomic E-state index is 15.1. The van der Waals surface area contributed by atoms with E-state index in [0.717, 1.165) is 29.4 Å². The summed E-state index contributed by atoms with van der Waals surface area (Å²) in [5, 5.41) is 5.10. The zero-order valence-corrected chi connectivity index (χ0v) is 16.2. The van der Waals surface area contributed by atoms with Gasteiger partial charge in [-0.3, -0.25) is 5.32 Å². The maximum Gasteiger partial charge on any atom is 0.138 e. The molecule has 0 bridgehead atoms. The first-order valence-corrected chi connectivity index (χ1v) is 9.68. The summed E-state index contributed by atoms with van der Waals surface area (Å²) in [5.41, 5.74) is 3.82. The molecule has 3 aromatic carbocycles. The minimum absolute atomic E-state index is 0.0234. The van der Waals surface area contributed by atoms with Crippen LogP contribution in [0.15, 0.2) is 54.6 Å². The summed E-state index contributed by atoms with van der Waals surface area (Å²) in [6.45, 7) is 7.08. The molecule has 3 aromatic rings. The summed E-state index contributed by atoms with van der Waals surface area (Å²) < 4.78 is 21.0. The van der Waals surface area contributed by atoms with E-state index < -0.39 is 0 Å². The molecule has 1 heterocycles. The van der Waals surface area contributed by atoms with Crippen molar-refractivity contribution in [2.45, 2.75) is 45.4 Å². The predicted octanol–water partition coefficient (Wildman–Crippen LogP) is 6.00. The average Bonchev–Trinajstić information content (AvgIpc) is 3.02. The van der Waals surface area contributed by atoms with Gasteiger partial charge < -0.3 is 4.74 Å². The summed E-state index contributed by atoms with van der Waals surface area (Å²) >= 11 is 0. The second kappa shape index (κ2) is 7.06. The number of halogens is 1. The fraction of sp³-hybridized carbons (Fsp3) is 0.333. The zero-order chi connectivity index (χ0) is 19.0. The first-order chi connectivity index (χ1) is 13.0. The summed E-state index contributed by atoms with van der Waals surface area (Å²) in [5.74, 6) is -0.153. The molecule has 27 heavy (non-hydrogen) atoms. The number of hydrogen-bond donors (Lipinski definition) is 1. The van der Waals surface area contributed by atoms with Gasteiger partial charge in [0.2, 0.25) is 0 Å². The lowest BCUT2D eigenvalue weighted by molar-refractivity contribution is 0.0989. The molecule has 0 radical (unpaired) electrons. The van der Waals surface area contributed by atoms with Crippen LogP contribution in [0.5, 0.6) is 0 Å². The lowest BCUT2D eigenvalue weighted by Crippen LogP contribution is -2.35. The topological polar surface area (TPSA) is 21.3 Å². The third-order valence-electron chi connectivity index (χ3n) is 5.21. The molecule has 0 amide bonds. The van der Waals surface area contributed by atoms with Crippen molar-refractivity contribution in [2.24, 2.45) is 0 Å². The molecule has 1 saturated heterocycles. The quantitative estimate of drug-likeness (QED) is 0.614. The van der Waals surface area contributed by atoms with Gasteiger partial charge >= 0.3 is 0 Å². The zero-order valence-electron chi connectivity index (χ0n) is 16.2. The van der Waals surface area contributed by atoms with Gasteiger partial charge in [-0.2, -0.15) is 0 Å². The van der Waals surface area contributed by atoms with Crippen molar-refractivity contribution in [1.29, 1.82) is 0 Å². The molecule has 1 aliphatic rings. The highest BCUT2D eigenvalue weighted by Gasteiger charge is 2.31. The minimum Gasteiger partial charge on any atom is -0.357 e. The maximum absolute atomic E-state index is 15.1. The number of nitrogens with one attached hydrogen (secondary N) is 1. The second-order valence-corrected chi connectivity index (χ2v) is 8.07. The SMILES string of the molecule is CCCc1ccc2c(F)c(-c3ccc(C4NC(C)(C)CO4)cc3)ccc2c1. The Morgan fingerprint density at radius 2 is 1.85 bits per heavy atom. The van der Waals surface area contributed by atoms with Gasteiger partial charge in [-0.25, -0.2) is 4.39 Å². The summed E-state index contributed by atoms with van der Waals surface area (Å²) in [4.78, 5) is 0. The number of benzene rings is 3. The standard InChI is InChI=1S/C24H26FNO/c1-4-5-16-6-12-21-19(14-16)11-13-20(22(21)25)17-7-9-18(10-8-17)23-26-24(2,3)15-27-23/h6-14,23,26H,4-5,15H2,1-3H3. The van der Waals surface area contributed by atoms with Crippen LogP contribution < -0.4 is 5.32 Å².